The van der Waals surface area contributed by atoms with E-state index in [4.69, 9.17) is 5.73 Å². The van der Waals surface area contributed by atoms with Gasteiger partial charge in [0.1, 0.15) is 0 Å². The summed E-state index contributed by atoms with van der Waals surface area (Å²) < 4.78 is 0. The maximum absolute atomic E-state index is 11.7. The number of nitrogens with two attached hydrogens (primary N) is 1. The van der Waals surface area contributed by atoms with Crippen LogP contribution in [0.15, 0.2) is 48.5 Å². The molecule has 4 N–H and O–H groups in total. The van der Waals surface area contributed by atoms with Crippen molar-refractivity contribution in [3.05, 3.63) is 59.7 Å². The predicted molar refractivity (Wildman–Crippen MR) is 82.8 cm³/mol. The van der Waals surface area contributed by atoms with Crippen molar-refractivity contribution >= 4 is 17.4 Å². The molecule has 2 aromatic carbocycles. The van der Waals surface area contributed by atoms with Crippen LogP contribution in [-0.4, -0.2) is 12.6 Å². The number of hydrogen-bond donors (Lipinski definition) is 3. The van der Waals surface area contributed by atoms with Crippen LogP contribution in [-0.2, 0) is 6.42 Å². The molecule has 0 heterocycles. The highest BCUT2D eigenvalue weighted by molar-refractivity contribution is 5.89. The molecule has 0 fully saturated rings. The lowest BCUT2D eigenvalue weighted by molar-refractivity contribution is 0.252. The van der Waals surface area contributed by atoms with Crippen molar-refractivity contribution in [1.82, 2.24) is 5.32 Å². The van der Waals surface area contributed by atoms with Gasteiger partial charge in [-0.2, -0.15) is 0 Å². The topological polar surface area (TPSA) is 67.2 Å². The van der Waals surface area contributed by atoms with E-state index in [1.54, 1.807) is 24.3 Å². The molecule has 0 aliphatic carbocycles. The number of nitrogens with one attached hydrogen (secondary N) is 2. The van der Waals surface area contributed by atoms with Crippen LogP contribution in [0.3, 0.4) is 0 Å². The van der Waals surface area contributed by atoms with Gasteiger partial charge in [0.15, 0.2) is 0 Å². The summed E-state index contributed by atoms with van der Waals surface area (Å²) in [7, 11) is 0. The fourth-order valence-electron chi connectivity index (χ4n) is 1.94. The fraction of sp³-hybridized carbons (Fsp3) is 0.188. The molecule has 104 valence electrons. The van der Waals surface area contributed by atoms with E-state index in [-0.39, 0.29) is 6.03 Å². The van der Waals surface area contributed by atoms with Gasteiger partial charge in [-0.05, 0) is 48.7 Å². The molecule has 0 aliphatic rings. The molecule has 0 bridgehead atoms. The van der Waals surface area contributed by atoms with Crippen molar-refractivity contribution in [1.29, 1.82) is 0 Å². The monoisotopic (exact) mass is 269 g/mol. The summed E-state index contributed by atoms with van der Waals surface area (Å²) >= 11 is 0. The molecule has 0 radical (unpaired) electrons. The van der Waals surface area contributed by atoms with Gasteiger partial charge in [0.25, 0.3) is 0 Å². The van der Waals surface area contributed by atoms with Crippen molar-refractivity contribution in [2.24, 2.45) is 0 Å². The zero-order chi connectivity index (χ0) is 14.4. The third-order valence-electron chi connectivity index (χ3n) is 3.11. The van der Waals surface area contributed by atoms with Crippen LogP contribution < -0.4 is 16.4 Å². The SMILES string of the molecule is Cc1ccccc1CCNC(=O)Nc1ccc(N)cc1. The molecule has 0 spiro atoms. The number of nitrogen functional groups attached to an aromatic ring is 1. The molecule has 2 rings (SSSR count). The second-order valence-electron chi connectivity index (χ2n) is 4.68. The average molecular weight is 269 g/mol. The molecule has 0 aromatic heterocycles. The van der Waals surface area contributed by atoms with E-state index in [2.05, 4.69) is 29.7 Å². The van der Waals surface area contributed by atoms with Gasteiger partial charge in [0.2, 0.25) is 0 Å². The third-order valence-corrected chi connectivity index (χ3v) is 3.11. The highest BCUT2D eigenvalue weighted by atomic mass is 16.2. The summed E-state index contributed by atoms with van der Waals surface area (Å²) in [6.07, 6.45) is 0.821. The maximum atomic E-state index is 11.7. The van der Waals surface area contributed by atoms with Gasteiger partial charge in [0.05, 0.1) is 0 Å². The Bertz CT molecular complexity index is 579. The highest BCUT2D eigenvalue weighted by Crippen LogP contribution is 2.10. The van der Waals surface area contributed by atoms with E-state index in [9.17, 15) is 4.79 Å². The number of carbonyl (C=O) groups excluding carboxylic acids is 1. The lowest BCUT2D eigenvalue weighted by atomic mass is 10.1. The zero-order valence-corrected chi connectivity index (χ0v) is 11.5. The smallest absolute Gasteiger partial charge is 0.319 e. The van der Waals surface area contributed by atoms with E-state index < -0.39 is 0 Å². The Morgan fingerprint density at radius 1 is 1.10 bits per heavy atom. The minimum Gasteiger partial charge on any atom is -0.399 e. The normalized spacial score (nSPS) is 10.1. The first kappa shape index (κ1) is 13.9. The Balaban J connectivity index is 1.78. The predicted octanol–water partition coefficient (Wildman–Crippen LogP) is 2.94. The Labute approximate surface area is 119 Å². The van der Waals surface area contributed by atoms with E-state index in [1.165, 1.54) is 11.1 Å². The van der Waals surface area contributed by atoms with Crippen molar-refractivity contribution in [3.63, 3.8) is 0 Å². The van der Waals surface area contributed by atoms with Crippen molar-refractivity contribution < 1.29 is 4.79 Å². The molecule has 4 heteroatoms. The lowest BCUT2D eigenvalue weighted by Crippen LogP contribution is -2.30. The van der Waals surface area contributed by atoms with Crippen molar-refractivity contribution in [2.75, 3.05) is 17.6 Å². The molecule has 0 saturated heterocycles. The molecule has 2 amide bonds. The second kappa shape index (κ2) is 6.61. The number of hydrogen-bond acceptors (Lipinski definition) is 2. The summed E-state index contributed by atoms with van der Waals surface area (Å²) in [5, 5.41) is 5.60. The molecule has 0 unspecified atom stereocenters. The van der Waals surface area contributed by atoms with Gasteiger partial charge in [-0.25, -0.2) is 4.79 Å². The van der Waals surface area contributed by atoms with Crippen LogP contribution in [0.4, 0.5) is 16.2 Å². The van der Waals surface area contributed by atoms with Gasteiger partial charge in [0, 0.05) is 17.9 Å². The highest BCUT2D eigenvalue weighted by Gasteiger charge is 2.02. The molecule has 20 heavy (non-hydrogen) atoms. The molecule has 4 nitrogen and oxygen atoms in total. The molecule has 0 atom stereocenters. The van der Waals surface area contributed by atoms with Gasteiger partial charge in [-0.15, -0.1) is 0 Å². The lowest BCUT2D eigenvalue weighted by Gasteiger charge is -2.09. The summed E-state index contributed by atoms with van der Waals surface area (Å²) in [6, 6.07) is 15.0. The first-order valence-electron chi connectivity index (χ1n) is 6.60. The van der Waals surface area contributed by atoms with Crippen LogP contribution in [0.2, 0.25) is 0 Å². The van der Waals surface area contributed by atoms with Gasteiger partial charge >= 0.3 is 6.03 Å². The number of rotatable bonds is 4. The molecule has 0 saturated carbocycles. The summed E-state index contributed by atoms with van der Waals surface area (Å²) in [5.74, 6) is 0. The maximum Gasteiger partial charge on any atom is 0.319 e. The number of aryl methyl sites for hydroxylation is 1. The van der Waals surface area contributed by atoms with Crippen LogP contribution in [0, 0.1) is 6.92 Å². The van der Waals surface area contributed by atoms with Gasteiger partial charge in [-0.3, -0.25) is 0 Å². The van der Waals surface area contributed by atoms with Crippen LogP contribution >= 0.6 is 0 Å². The van der Waals surface area contributed by atoms with Crippen LogP contribution in [0.25, 0.3) is 0 Å². The zero-order valence-electron chi connectivity index (χ0n) is 11.5. The standard InChI is InChI=1S/C16H19N3O/c1-12-4-2-3-5-13(12)10-11-18-16(20)19-15-8-6-14(17)7-9-15/h2-9H,10-11,17H2,1H3,(H2,18,19,20). The minimum absolute atomic E-state index is 0.205. The third kappa shape index (κ3) is 4.02. The summed E-state index contributed by atoms with van der Waals surface area (Å²) in [4.78, 5) is 11.7. The van der Waals surface area contributed by atoms with Crippen LogP contribution in [0.1, 0.15) is 11.1 Å². The van der Waals surface area contributed by atoms with E-state index >= 15 is 0 Å². The van der Waals surface area contributed by atoms with E-state index in [0.717, 1.165) is 12.1 Å². The van der Waals surface area contributed by atoms with Crippen molar-refractivity contribution in [3.8, 4) is 0 Å². The summed E-state index contributed by atoms with van der Waals surface area (Å²) in [6.45, 7) is 2.68. The Kier molecular flexibility index (Phi) is 4.60. The van der Waals surface area contributed by atoms with Gasteiger partial charge in [-0.1, -0.05) is 24.3 Å². The number of urea groups is 1. The Hall–Kier alpha value is -2.49. The second-order valence-corrected chi connectivity index (χ2v) is 4.68. The molecular weight excluding hydrogens is 250 g/mol. The molecule has 2 aromatic rings. The largest absolute Gasteiger partial charge is 0.399 e. The number of benzene rings is 2. The Morgan fingerprint density at radius 2 is 1.80 bits per heavy atom. The minimum atomic E-state index is -0.205. The average Bonchev–Trinajstić information content (AvgIpc) is 2.43. The van der Waals surface area contributed by atoms with Crippen LogP contribution in [0.5, 0.6) is 0 Å². The number of carbonyl (C=O) groups is 1. The Morgan fingerprint density at radius 3 is 2.50 bits per heavy atom. The van der Waals surface area contributed by atoms with Gasteiger partial charge < -0.3 is 16.4 Å². The quantitative estimate of drug-likeness (QED) is 0.747. The first-order chi connectivity index (χ1) is 9.65. The number of amides is 2. The molecular formula is C16H19N3O. The molecule has 0 aliphatic heterocycles. The van der Waals surface area contributed by atoms with E-state index in [1.807, 2.05) is 12.1 Å². The van der Waals surface area contributed by atoms with E-state index in [0.29, 0.717) is 12.2 Å². The summed E-state index contributed by atoms with van der Waals surface area (Å²) in [5.41, 5.74) is 9.49. The first-order valence-corrected chi connectivity index (χ1v) is 6.60. The number of anilines is 2. The van der Waals surface area contributed by atoms with Crippen molar-refractivity contribution in [2.45, 2.75) is 13.3 Å². The fourth-order valence-corrected chi connectivity index (χ4v) is 1.94.